The first kappa shape index (κ1) is 11.3. The highest BCUT2D eigenvalue weighted by Gasteiger charge is 2.27. The van der Waals surface area contributed by atoms with Crippen LogP contribution < -0.4 is 15.4 Å². The number of ether oxygens (including phenoxy) is 1. The first-order valence-corrected chi connectivity index (χ1v) is 5.90. The smallest absolute Gasteiger partial charge is 0.142 e. The molecule has 88 valence electrons. The van der Waals surface area contributed by atoms with Gasteiger partial charge in [-0.3, -0.25) is 0 Å². The third kappa shape index (κ3) is 2.00. The Kier molecular flexibility index (Phi) is 3.34. The van der Waals surface area contributed by atoms with Gasteiger partial charge in [-0.1, -0.05) is 13.0 Å². The number of rotatable bonds is 4. The van der Waals surface area contributed by atoms with E-state index in [0.29, 0.717) is 6.54 Å². The Balaban J connectivity index is 2.15. The van der Waals surface area contributed by atoms with Crippen LogP contribution in [0.2, 0.25) is 0 Å². The summed E-state index contributed by atoms with van der Waals surface area (Å²) in [5, 5.41) is 0. The van der Waals surface area contributed by atoms with Crippen LogP contribution in [0.15, 0.2) is 18.2 Å². The normalized spacial score (nSPS) is 16.1. The van der Waals surface area contributed by atoms with E-state index in [1.807, 2.05) is 6.07 Å². The van der Waals surface area contributed by atoms with Crippen LogP contribution in [0.5, 0.6) is 5.75 Å². The van der Waals surface area contributed by atoms with Gasteiger partial charge in [-0.05, 0) is 30.0 Å². The molecule has 16 heavy (non-hydrogen) atoms. The third-order valence-corrected chi connectivity index (χ3v) is 3.36. The van der Waals surface area contributed by atoms with Crippen molar-refractivity contribution in [3.05, 3.63) is 23.8 Å². The Hall–Kier alpha value is -1.22. The molecule has 0 atom stereocenters. The molecule has 1 aromatic rings. The predicted octanol–water partition coefficient (Wildman–Crippen LogP) is 2.00. The van der Waals surface area contributed by atoms with E-state index in [1.54, 1.807) is 7.11 Å². The molecule has 1 aliphatic rings. The molecular weight excluding hydrogens is 200 g/mol. The second-order valence-electron chi connectivity index (χ2n) is 4.39. The second-order valence-corrected chi connectivity index (χ2v) is 4.39. The molecule has 1 fully saturated rings. The van der Waals surface area contributed by atoms with Crippen molar-refractivity contribution in [2.75, 3.05) is 25.1 Å². The maximum Gasteiger partial charge on any atom is 0.142 e. The maximum absolute atomic E-state index is 5.62. The largest absolute Gasteiger partial charge is 0.495 e. The molecule has 0 bridgehead atoms. The molecule has 3 nitrogen and oxygen atoms in total. The number of nitrogens with zero attached hydrogens (tertiary/aromatic N) is 1. The zero-order chi connectivity index (χ0) is 11.5. The maximum atomic E-state index is 5.62. The van der Waals surface area contributed by atoms with Gasteiger partial charge in [0, 0.05) is 19.6 Å². The summed E-state index contributed by atoms with van der Waals surface area (Å²) in [6.07, 6.45) is 1.26. The summed E-state index contributed by atoms with van der Waals surface area (Å²) in [6, 6.07) is 6.23. The molecule has 0 aromatic heterocycles. The molecule has 2 N–H and O–H groups in total. The van der Waals surface area contributed by atoms with Gasteiger partial charge in [0.25, 0.3) is 0 Å². The first-order chi connectivity index (χ1) is 7.78. The summed E-state index contributed by atoms with van der Waals surface area (Å²) >= 11 is 0. The molecule has 0 saturated carbocycles. The molecule has 3 heteroatoms. The summed E-state index contributed by atoms with van der Waals surface area (Å²) in [7, 11) is 1.72. The molecule has 1 heterocycles. The molecule has 2 rings (SSSR count). The average molecular weight is 220 g/mol. The Morgan fingerprint density at radius 3 is 2.75 bits per heavy atom. The van der Waals surface area contributed by atoms with Crippen molar-refractivity contribution in [2.24, 2.45) is 11.7 Å². The third-order valence-electron chi connectivity index (χ3n) is 3.36. The molecule has 1 aromatic carbocycles. The quantitative estimate of drug-likeness (QED) is 0.843. The topological polar surface area (TPSA) is 38.5 Å². The summed E-state index contributed by atoms with van der Waals surface area (Å²) in [4.78, 5) is 2.37. The van der Waals surface area contributed by atoms with Crippen LogP contribution in [0.1, 0.15) is 18.9 Å². The standard InChI is InChI=1S/C13H20N2O/c1-3-10-8-15(9-10)12-5-4-11(7-14)6-13(12)16-2/h4-6,10H,3,7-9,14H2,1-2H3. The minimum Gasteiger partial charge on any atom is -0.495 e. The van der Waals surface area contributed by atoms with Crippen LogP contribution in [0.4, 0.5) is 5.69 Å². The fraction of sp³-hybridized carbons (Fsp3) is 0.538. The minimum atomic E-state index is 0.564. The van der Waals surface area contributed by atoms with E-state index in [1.165, 1.54) is 12.1 Å². The Morgan fingerprint density at radius 2 is 2.19 bits per heavy atom. The fourth-order valence-corrected chi connectivity index (χ4v) is 2.14. The molecule has 0 amide bonds. The Morgan fingerprint density at radius 1 is 1.44 bits per heavy atom. The van der Waals surface area contributed by atoms with Crippen LogP contribution in [-0.4, -0.2) is 20.2 Å². The molecular formula is C13H20N2O. The number of methoxy groups -OCH3 is 1. The molecule has 0 unspecified atom stereocenters. The number of nitrogens with two attached hydrogens (primary N) is 1. The van der Waals surface area contributed by atoms with Gasteiger partial charge >= 0.3 is 0 Å². The van der Waals surface area contributed by atoms with Gasteiger partial charge in [0.2, 0.25) is 0 Å². The molecule has 1 saturated heterocycles. The lowest BCUT2D eigenvalue weighted by Crippen LogP contribution is -2.46. The van der Waals surface area contributed by atoms with Crippen LogP contribution >= 0.6 is 0 Å². The predicted molar refractivity (Wildman–Crippen MR) is 66.9 cm³/mol. The van der Waals surface area contributed by atoms with Crippen LogP contribution in [0, 0.1) is 5.92 Å². The van der Waals surface area contributed by atoms with Gasteiger partial charge in [0.15, 0.2) is 0 Å². The van der Waals surface area contributed by atoms with Crippen LogP contribution in [0.3, 0.4) is 0 Å². The summed E-state index contributed by atoms with van der Waals surface area (Å²) in [5.74, 6) is 1.79. The van der Waals surface area contributed by atoms with Crippen molar-refractivity contribution >= 4 is 5.69 Å². The number of hydrogen-bond acceptors (Lipinski definition) is 3. The molecule has 0 spiro atoms. The van der Waals surface area contributed by atoms with Gasteiger partial charge in [0.05, 0.1) is 12.8 Å². The van der Waals surface area contributed by atoms with Crippen LogP contribution in [-0.2, 0) is 6.54 Å². The van der Waals surface area contributed by atoms with Crippen molar-refractivity contribution in [3.8, 4) is 5.75 Å². The number of benzene rings is 1. The SMILES string of the molecule is CCC1CN(c2ccc(CN)cc2OC)C1. The van der Waals surface area contributed by atoms with Gasteiger partial charge in [-0.25, -0.2) is 0 Å². The van der Waals surface area contributed by atoms with Gasteiger partial charge in [0.1, 0.15) is 5.75 Å². The van der Waals surface area contributed by atoms with E-state index in [4.69, 9.17) is 10.5 Å². The monoisotopic (exact) mass is 220 g/mol. The summed E-state index contributed by atoms with van der Waals surface area (Å²) in [6.45, 7) is 5.11. The van der Waals surface area contributed by atoms with E-state index in [9.17, 15) is 0 Å². The molecule has 0 aliphatic carbocycles. The lowest BCUT2D eigenvalue weighted by Gasteiger charge is -2.41. The zero-order valence-corrected chi connectivity index (χ0v) is 10.1. The van der Waals surface area contributed by atoms with E-state index in [-0.39, 0.29) is 0 Å². The zero-order valence-electron chi connectivity index (χ0n) is 10.1. The summed E-state index contributed by atoms with van der Waals surface area (Å²) < 4.78 is 5.42. The number of hydrogen-bond donors (Lipinski definition) is 1. The average Bonchev–Trinajstić information content (AvgIpc) is 2.28. The number of anilines is 1. The van der Waals surface area contributed by atoms with E-state index in [0.717, 1.165) is 30.3 Å². The van der Waals surface area contributed by atoms with E-state index >= 15 is 0 Å². The van der Waals surface area contributed by atoms with Crippen molar-refractivity contribution < 1.29 is 4.74 Å². The highest BCUT2D eigenvalue weighted by Crippen LogP contribution is 2.34. The molecule has 1 aliphatic heterocycles. The minimum absolute atomic E-state index is 0.564. The van der Waals surface area contributed by atoms with Gasteiger partial charge in [-0.2, -0.15) is 0 Å². The Bertz CT molecular complexity index is 359. The van der Waals surface area contributed by atoms with Crippen molar-refractivity contribution in [1.82, 2.24) is 0 Å². The van der Waals surface area contributed by atoms with E-state index in [2.05, 4.69) is 24.0 Å². The van der Waals surface area contributed by atoms with Gasteiger partial charge < -0.3 is 15.4 Å². The summed E-state index contributed by atoms with van der Waals surface area (Å²) in [5.41, 5.74) is 7.94. The van der Waals surface area contributed by atoms with Crippen LogP contribution in [0.25, 0.3) is 0 Å². The van der Waals surface area contributed by atoms with E-state index < -0.39 is 0 Å². The highest BCUT2D eigenvalue weighted by atomic mass is 16.5. The first-order valence-electron chi connectivity index (χ1n) is 5.90. The van der Waals surface area contributed by atoms with Crippen molar-refractivity contribution in [2.45, 2.75) is 19.9 Å². The van der Waals surface area contributed by atoms with Crippen molar-refractivity contribution in [3.63, 3.8) is 0 Å². The Labute approximate surface area is 97.2 Å². The van der Waals surface area contributed by atoms with Crippen molar-refractivity contribution in [1.29, 1.82) is 0 Å². The second kappa shape index (κ2) is 4.74. The lowest BCUT2D eigenvalue weighted by molar-refractivity contribution is 0.380. The highest BCUT2D eigenvalue weighted by molar-refractivity contribution is 5.61. The lowest BCUT2D eigenvalue weighted by atomic mass is 9.96. The van der Waals surface area contributed by atoms with Gasteiger partial charge in [-0.15, -0.1) is 0 Å². The fourth-order valence-electron chi connectivity index (χ4n) is 2.14. The molecule has 0 radical (unpaired) electrons.